The average Bonchev–Trinajstić information content (AvgIpc) is 2.10. The number of rotatable bonds is 8. The molecule has 0 aromatic heterocycles. The summed E-state index contributed by atoms with van der Waals surface area (Å²) in [7, 11) is 0. The lowest BCUT2D eigenvalue weighted by Crippen LogP contribution is -2.33. The highest BCUT2D eigenvalue weighted by atomic mass is 16.4. The first-order valence-corrected chi connectivity index (χ1v) is 5.93. The molecule has 1 unspecified atom stereocenters. The van der Waals surface area contributed by atoms with Crippen molar-refractivity contribution in [3.05, 3.63) is 0 Å². The summed E-state index contributed by atoms with van der Waals surface area (Å²) in [5.74, 6) is -0.200. The molecule has 0 rings (SSSR count). The second-order valence-electron chi connectivity index (χ2n) is 4.70. The zero-order valence-corrected chi connectivity index (χ0v) is 10.5. The Hall–Kier alpha value is -1.06. The fourth-order valence-corrected chi connectivity index (χ4v) is 1.67. The van der Waals surface area contributed by atoms with E-state index in [2.05, 4.69) is 19.2 Å². The zero-order valence-electron chi connectivity index (χ0n) is 10.5. The Balaban J connectivity index is 3.54. The highest BCUT2D eigenvalue weighted by Gasteiger charge is 2.08. The van der Waals surface area contributed by atoms with Crippen LogP contribution >= 0.6 is 0 Å². The van der Waals surface area contributed by atoms with Crippen LogP contribution in [0.3, 0.4) is 0 Å². The number of carboxylic acid groups (broad SMARTS) is 1. The van der Waals surface area contributed by atoms with Gasteiger partial charge < -0.3 is 10.4 Å². The molecule has 0 saturated heterocycles. The second-order valence-corrected chi connectivity index (χ2v) is 4.70. The molecule has 0 fully saturated rings. The maximum Gasteiger partial charge on any atom is 0.303 e. The van der Waals surface area contributed by atoms with E-state index in [1.165, 1.54) is 0 Å². The SMILES string of the molecule is CC(C)CC(C)NC(=O)CCCCC(=O)O. The van der Waals surface area contributed by atoms with E-state index >= 15 is 0 Å². The summed E-state index contributed by atoms with van der Waals surface area (Å²) >= 11 is 0. The molecule has 0 aliphatic heterocycles. The van der Waals surface area contributed by atoms with E-state index in [-0.39, 0.29) is 18.4 Å². The van der Waals surface area contributed by atoms with Crippen LogP contribution in [-0.4, -0.2) is 23.0 Å². The van der Waals surface area contributed by atoms with Crippen molar-refractivity contribution in [3.8, 4) is 0 Å². The van der Waals surface area contributed by atoms with Gasteiger partial charge in [-0.15, -0.1) is 0 Å². The highest BCUT2D eigenvalue weighted by molar-refractivity contribution is 5.76. The Labute approximate surface area is 97.4 Å². The number of aliphatic carboxylic acids is 1. The van der Waals surface area contributed by atoms with Gasteiger partial charge in [-0.2, -0.15) is 0 Å². The highest BCUT2D eigenvalue weighted by Crippen LogP contribution is 2.05. The van der Waals surface area contributed by atoms with Gasteiger partial charge >= 0.3 is 5.97 Å². The van der Waals surface area contributed by atoms with Crippen molar-refractivity contribution in [2.24, 2.45) is 5.92 Å². The second kappa shape index (κ2) is 8.13. The lowest BCUT2D eigenvalue weighted by atomic mass is 10.1. The fraction of sp³-hybridized carbons (Fsp3) is 0.833. The Morgan fingerprint density at radius 2 is 1.69 bits per heavy atom. The molecular weight excluding hydrogens is 206 g/mol. The smallest absolute Gasteiger partial charge is 0.303 e. The Bertz CT molecular complexity index is 226. The van der Waals surface area contributed by atoms with E-state index < -0.39 is 5.97 Å². The van der Waals surface area contributed by atoms with Gasteiger partial charge in [-0.3, -0.25) is 9.59 Å². The normalized spacial score (nSPS) is 12.5. The summed E-state index contributed by atoms with van der Waals surface area (Å²) in [5, 5.41) is 11.3. The molecule has 4 heteroatoms. The van der Waals surface area contributed by atoms with Crippen molar-refractivity contribution >= 4 is 11.9 Å². The van der Waals surface area contributed by atoms with Crippen LogP contribution in [0.1, 0.15) is 52.9 Å². The molecule has 0 spiro atoms. The predicted molar refractivity (Wildman–Crippen MR) is 63.2 cm³/mol. The number of carbonyl (C=O) groups is 2. The van der Waals surface area contributed by atoms with Crippen molar-refractivity contribution in [3.63, 3.8) is 0 Å². The predicted octanol–water partition coefficient (Wildman–Crippen LogP) is 2.18. The molecule has 0 aromatic carbocycles. The summed E-state index contributed by atoms with van der Waals surface area (Å²) in [4.78, 5) is 21.7. The van der Waals surface area contributed by atoms with Crippen molar-refractivity contribution in [1.29, 1.82) is 0 Å². The molecule has 0 saturated carbocycles. The van der Waals surface area contributed by atoms with Crippen LogP contribution in [0.25, 0.3) is 0 Å². The van der Waals surface area contributed by atoms with Crippen molar-refractivity contribution in [2.75, 3.05) is 0 Å². The standard InChI is InChI=1S/C12H23NO3/c1-9(2)8-10(3)13-11(14)6-4-5-7-12(15)16/h9-10H,4-8H2,1-3H3,(H,13,14)(H,15,16). The quantitative estimate of drug-likeness (QED) is 0.627. The molecular formula is C12H23NO3. The van der Waals surface area contributed by atoms with Gasteiger partial charge in [-0.1, -0.05) is 13.8 Å². The molecule has 0 bridgehead atoms. The number of carboxylic acids is 1. The largest absolute Gasteiger partial charge is 0.481 e. The number of amides is 1. The Morgan fingerprint density at radius 1 is 1.12 bits per heavy atom. The summed E-state index contributed by atoms with van der Waals surface area (Å²) < 4.78 is 0. The van der Waals surface area contributed by atoms with Gasteiger partial charge in [0.25, 0.3) is 0 Å². The molecule has 0 heterocycles. The molecule has 0 aliphatic carbocycles. The van der Waals surface area contributed by atoms with Gasteiger partial charge in [-0.05, 0) is 32.1 Å². The van der Waals surface area contributed by atoms with Gasteiger partial charge in [-0.25, -0.2) is 0 Å². The minimum atomic E-state index is -0.798. The average molecular weight is 229 g/mol. The molecule has 0 aromatic rings. The van der Waals surface area contributed by atoms with Crippen molar-refractivity contribution in [2.45, 2.75) is 58.9 Å². The van der Waals surface area contributed by atoms with E-state index in [0.717, 1.165) is 6.42 Å². The third-order valence-electron chi connectivity index (χ3n) is 2.28. The Kier molecular flexibility index (Phi) is 7.60. The maximum absolute atomic E-state index is 11.4. The first-order chi connectivity index (χ1) is 7.41. The topological polar surface area (TPSA) is 66.4 Å². The third kappa shape index (κ3) is 9.49. The first kappa shape index (κ1) is 14.9. The molecule has 0 aliphatic rings. The number of carbonyl (C=O) groups excluding carboxylic acids is 1. The van der Waals surface area contributed by atoms with Gasteiger partial charge in [0.05, 0.1) is 0 Å². The lowest BCUT2D eigenvalue weighted by molar-refractivity contribution is -0.137. The minimum Gasteiger partial charge on any atom is -0.481 e. The number of hydrogen-bond acceptors (Lipinski definition) is 2. The minimum absolute atomic E-state index is 0.0264. The molecule has 2 N–H and O–H groups in total. The molecule has 4 nitrogen and oxygen atoms in total. The summed E-state index contributed by atoms with van der Waals surface area (Å²) in [6.45, 7) is 6.24. The maximum atomic E-state index is 11.4. The molecule has 16 heavy (non-hydrogen) atoms. The van der Waals surface area contributed by atoms with Crippen LogP contribution in [0.4, 0.5) is 0 Å². The van der Waals surface area contributed by atoms with Crippen molar-refractivity contribution < 1.29 is 14.7 Å². The molecule has 1 amide bonds. The van der Waals surface area contributed by atoms with Gasteiger partial charge in [0, 0.05) is 18.9 Å². The van der Waals surface area contributed by atoms with Crippen LogP contribution in [0, 0.1) is 5.92 Å². The Morgan fingerprint density at radius 3 is 2.19 bits per heavy atom. The van der Waals surface area contributed by atoms with Gasteiger partial charge in [0.15, 0.2) is 0 Å². The van der Waals surface area contributed by atoms with E-state index in [0.29, 0.717) is 25.2 Å². The van der Waals surface area contributed by atoms with Crippen LogP contribution in [-0.2, 0) is 9.59 Å². The fourth-order valence-electron chi connectivity index (χ4n) is 1.67. The molecule has 0 radical (unpaired) electrons. The summed E-state index contributed by atoms with van der Waals surface area (Å²) in [5.41, 5.74) is 0. The first-order valence-electron chi connectivity index (χ1n) is 5.93. The summed E-state index contributed by atoms with van der Waals surface area (Å²) in [6.07, 6.45) is 2.76. The third-order valence-corrected chi connectivity index (χ3v) is 2.28. The summed E-state index contributed by atoms with van der Waals surface area (Å²) in [6, 6.07) is 0.201. The van der Waals surface area contributed by atoms with E-state index in [1.54, 1.807) is 0 Å². The lowest BCUT2D eigenvalue weighted by Gasteiger charge is -2.15. The number of nitrogens with one attached hydrogen (secondary N) is 1. The van der Waals surface area contributed by atoms with E-state index in [4.69, 9.17) is 5.11 Å². The number of hydrogen-bond donors (Lipinski definition) is 2. The van der Waals surface area contributed by atoms with Crippen LogP contribution < -0.4 is 5.32 Å². The van der Waals surface area contributed by atoms with E-state index in [1.807, 2.05) is 6.92 Å². The van der Waals surface area contributed by atoms with Crippen LogP contribution in [0.15, 0.2) is 0 Å². The van der Waals surface area contributed by atoms with Crippen molar-refractivity contribution in [1.82, 2.24) is 5.32 Å². The van der Waals surface area contributed by atoms with Crippen LogP contribution in [0.5, 0.6) is 0 Å². The van der Waals surface area contributed by atoms with Gasteiger partial charge in [0.1, 0.15) is 0 Å². The van der Waals surface area contributed by atoms with E-state index in [9.17, 15) is 9.59 Å². The van der Waals surface area contributed by atoms with Crippen LogP contribution in [0.2, 0.25) is 0 Å². The number of unbranched alkanes of at least 4 members (excludes halogenated alkanes) is 1. The zero-order chi connectivity index (χ0) is 12.6. The molecule has 1 atom stereocenters. The van der Waals surface area contributed by atoms with Gasteiger partial charge in [0.2, 0.25) is 5.91 Å². The monoisotopic (exact) mass is 229 g/mol. The molecule has 94 valence electrons.